The van der Waals surface area contributed by atoms with Gasteiger partial charge in [-0.25, -0.2) is 0 Å². The van der Waals surface area contributed by atoms with Crippen molar-refractivity contribution in [3.63, 3.8) is 0 Å². The zero-order valence-corrected chi connectivity index (χ0v) is 16.2. The van der Waals surface area contributed by atoms with Crippen molar-refractivity contribution in [3.8, 4) is 0 Å². The fraction of sp³-hybridized carbons (Fsp3) is 0.217. The summed E-state index contributed by atoms with van der Waals surface area (Å²) >= 11 is 0. The Morgan fingerprint density at radius 3 is 2.11 bits per heavy atom. The van der Waals surface area contributed by atoms with Gasteiger partial charge in [-0.05, 0) is 48.2 Å². The second-order valence-corrected chi connectivity index (χ2v) is 7.73. The number of anilines is 3. The number of hydrogen-bond acceptors (Lipinski definition) is 3. The molecule has 0 atom stereocenters. The predicted octanol–water partition coefficient (Wildman–Crippen LogP) is 5.68. The van der Waals surface area contributed by atoms with Crippen molar-refractivity contribution >= 4 is 23.0 Å². The SMILES string of the molecule is Cc1ccc(NC(=O)c2cncc(Nc3ccc(C(C)(C)C)cc3)c2)cc1. The van der Waals surface area contributed by atoms with Crippen LogP contribution in [-0.2, 0) is 5.41 Å². The molecule has 27 heavy (non-hydrogen) atoms. The van der Waals surface area contributed by atoms with E-state index < -0.39 is 0 Å². The van der Waals surface area contributed by atoms with E-state index in [1.165, 1.54) is 5.56 Å². The second-order valence-electron chi connectivity index (χ2n) is 7.73. The summed E-state index contributed by atoms with van der Waals surface area (Å²) in [5, 5.41) is 6.20. The van der Waals surface area contributed by atoms with Crippen molar-refractivity contribution < 1.29 is 4.79 Å². The summed E-state index contributed by atoms with van der Waals surface area (Å²) in [6.45, 7) is 8.58. The lowest BCUT2D eigenvalue weighted by Crippen LogP contribution is -2.12. The molecular weight excluding hydrogens is 334 g/mol. The fourth-order valence-electron chi connectivity index (χ4n) is 2.69. The van der Waals surface area contributed by atoms with Crippen LogP contribution in [0.2, 0.25) is 0 Å². The number of carbonyl (C=O) groups excluding carboxylic acids is 1. The Hall–Kier alpha value is -3.14. The van der Waals surface area contributed by atoms with Gasteiger partial charge in [0.05, 0.1) is 17.4 Å². The van der Waals surface area contributed by atoms with E-state index in [0.717, 1.165) is 22.6 Å². The van der Waals surface area contributed by atoms with E-state index in [-0.39, 0.29) is 11.3 Å². The van der Waals surface area contributed by atoms with Gasteiger partial charge in [0, 0.05) is 17.6 Å². The molecule has 0 unspecified atom stereocenters. The summed E-state index contributed by atoms with van der Waals surface area (Å²) in [7, 11) is 0. The van der Waals surface area contributed by atoms with Crippen molar-refractivity contribution in [1.29, 1.82) is 0 Å². The lowest BCUT2D eigenvalue weighted by atomic mass is 9.87. The molecule has 0 aliphatic carbocycles. The van der Waals surface area contributed by atoms with Crippen LogP contribution in [0.3, 0.4) is 0 Å². The highest BCUT2D eigenvalue weighted by Crippen LogP contribution is 2.25. The van der Waals surface area contributed by atoms with E-state index in [9.17, 15) is 4.79 Å². The van der Waals surface area contributed by atoms with Gasteiger partial charge in [0.15, 0.2) is 0 Å². The van der Waals surface area contributed by atoms with Gasteiger partial charge in [0.25, 0.3) is 5.91 Å². The molecule has 1 heterocycles. The minimum atomic E-state index is -0.182. The Bertz CT molecular complexity index is 923. The highest BCUT2D eigenvalue weighted by molar-refractivity contribution is 6.04. The third-order valence-electron chi connectivity index (χ3n) is 4.35. The fourth-order valence-corrected chi connectivity index (χ4v) is 2.69. The van der Waals surface area contributed by atoms with Crippen molar-refractivity contribution in [3.05, 3.63) is 83.7 Å². The number of benzene rings is 2. The van der Waals surface area contributed by atoms with Gasteiger partial charge in [0.1, 0.15) is 0 Å². The average Bonchev–Trinajstić information content (AvgIpc) is 2.63. The average molecular weight is 359 g/mol. The second kappa shape index (κ2) is 7.62. The number of pyridine rings is 1. The lowest BCUT2D eigenvalue weighted by molar-refractivity contribution is 0.102. The molecule has 0 aliphatic rings. The third-order valence-corrected chi connectivity index (χ3v) is 4.35. The van der Waals surface area contributed by atoms with Crippen LogP contribution in [0.25, 0.3) is 0 Å². The van der Waals surface area contributed by atoms with E-state index in [2.05, 4.69) is 48.5 Å². The summed E-state index contributed by atoms with van der Waals surface area (Å²) in [6.07, 6.45) is 3.28. The number of aryl methyl sites for hydroxylation is 1. The zero-order chi connectivity index (χ0) is 19.4. The standard InChI is InChI=1S/C23H25N3O/c1-16-5-9-20(10-6-16)26-22(27)17-13-21(15-24-14-17)25-19-11-7-18(8-12-19)23(2,3)4/h5-15,25H,1-4H3,(H,26,27). The van der Waals surface area contributed by atoms with Crippen molar-refractivity contribution in [2.75, 3.05) is 10.6 Å². The van der Waals surface area contributed by atoms with Crippen LogP contribution in [-0.4, -0.2) is 10.9 Å². The number of nitrogens with one attached hydrogen (secondary N) is 2. The predicted molar refractivity (Wildman–Crippen MR) is 112 cm³/mol. The molecule has 2 aromatic carbocycles. The van der Waals surface area contributed by atoms with Crippen molar-refractivity contribution in [2.24, 2.45) is 0 Å². The number of rotatable bonds is 4. The topological polar surface area (TPSA) is 54.0 Å². The summed E-state index contributed by atoms with van der Waals surface area (Å²) < 4.78 is 0. The first-order valence-corrected chi connectivity index (χ1v) is 9.02. The molecule has 0 fully saturated rings. The van der Waals surface area contributed by atoms with Crippen LogP contribution in [0.4, 0.5) is 17.1 Å². The van der Waals surface area contributed by atoms with E-state index in [1.807, 2.05) is 43.3 Å². The van der Waals surface area contributed by atoms with Crippen molar-refractivity contribution in [2.45, 2.75) is 33.1 Å². The van der Waals surface area contributed by atoms with E-state index >= 15 is 0 Å². The molecule has 0 spiro atoms. The van der Waals surface area contributed by atoms with Gasteiger partial charge in [-0.3, -0.25) is 9.78 Å². The summed E-state index contributed by atoms with van der Waals surface area (Å²) in [6, 6.07) is 17.8. The normalized spacial score (nSPS) is 11.1. The third kappa shape index (κ3) is 4.94. The monoisotopic (exact) mass is 359 g/mol. The molecule has 1 aromatic heterocycles. The van der Waals surface area contributed by atoms with Gasteiger partial charge in [-0.1, -0.05) is 50.6 Å². The molecule has 1 amide bonds. The van der Waals surface area contributed by atoms with Crippen LogP contribution in [0.5, 0.6) is 0 Å². The summed E-state index contributed by atoms with van der Waals surface area (Å²) in [5.41, 5.74) is 5.55. The van der Waals surface area contributed by atoms with Crippen LogP contribution in [0.15, 0.2) is 67.0 Å². The van der Waals surface area contributed by atoms with Gasteiger partial charge < -0.3 is 10.6 Å². The Kier molecular flexibility index (Phi) is 5.26. The molecule has 4 nitrogen and oxygen atoms in total. The first-order valence-electron chi connectivity index (χ1n) is 9.02. The smallest absolute Gasteiger partial charge is 0.257 e. The Balaban J connectivity index is 1.71. The number of aromatic nitrogens is 1. The maximum Gasteiger partial charge on any atom is 0.257 e. The van der Waals surface area contributed by atoms with Gasteiger partial charge in [0.2, 0.25) is 0 Å². The molecule has 4 heteroatoms. The molecule has 0 saturated heterocycles. The Morgan fingerprint density at radius 2 is 1.48 bits per heavy atom. The number of hydrogen-bond donors (Lipinski definition) is 2. The zero-order valence-electron chi connectivity index (χ0n) is 16.2. The molecule has 3 aromatic rings. The molecule has 0 radical (unpaired) electrons. The number of carbonyl (C=O) groups is 1. The van der Waals surface area contributed by atoms with E-state index in [1.54, 1.807) is 18.5 Å². The van der Waals surface area contributed by atoms with Crippen LogP contribution < -0.4 is 10.6 Å². The molecule has 0 bridgehead atoms. The minimum Gasteiger partial charge on any atom is -0.354 e. The highest BCUT2D eigenvalue weighted by Gasteiger charge is 2.13. The van der Waals surface area contributed by atoms with Gasteiger partial charge >= 0.3 is 0 Å². The largest absolute Gasteiger partial charge is 0.354 e. The summed E-state index contributed by atoms with van der Waals surface area (Å²) in [4.78, 5) is 16.7. The molecule has 2 N–H and O–H groups in total. The first-order chi connectivity index (χ1) is 12.8. The van der Waals surface area contributed by atoms with E-state index in [0.29, 0.717) is 5.56 Å². The molecule has 138 valence electrons. The van der Waals surface area contributed by atoms with Crippen molar-refractivity contribution in [1.82, 2.24) is 4.98 Å². The number of amides is 1. The lowest BCUT2D eigenvalue weighted by Gasteiger charge is -2.19. The molecule has 0 aliphatic heterocycles. The maximum atomic E-state index is 12.5. The van der Waals surface area contributed by atoms with Crippen LogP contribution >= 0.6 is 0 Å². The summed E-state index contributed by atoms with van der Waals surface area (Å²) in [5.74, 6) is -0.182. The quantitative estimate of drug-likeness (QED) is 0.630. The highest BCUT2D eigenvalue weighted by atomic mass is 16.1. The molecular formula is C23H25N3O. The Labute approximate surface area is 160 Å². The Morgan fingerprint density at radius 1 is 0.852 bits per heavy atom. The maximum absolute atomic E-state index is 12.5. The molecule has 3 rings (SSSR count). The van der Waals surface area contributed by atoms with Gasteiger partial charge in [-0.15, -0.1) is 0 Å². The van der Waals surface area contributed by atoms with Crippen LogP contribution in [0, 0.1) is 6.92 Å². The van der Waals surface area contributed by atoms with Gasteiger partial charge in [-0.2, -0.15) is 0 Å². The van der Waals surface area contributed by atoms with Crippen LogP contribution in [0.1, 0.15) is 42.3 Å². The minimum absolute atomic E-state index is 0.119. The first kappa shape index (κ1) is 18.6. The number of nitrogens with zero attached hydrogens (tertiary/aromatic N) is 1. The van der Waals surface area contributed by atoms with E-state index in [4.69, 9.17) is 0 Å². The molecule has 0 saturated carbocycles.